The predicted molar refractivity (Wildman–Crippen MR) is 113 cm³/mol. The number of thioether (sulfide) groups is 1. The number of fused-ring (bicyclic) bond motifs is 1. The Balaban J connectivity index is 1.45. The van der Waals surface area contributed by atoms with Gasteiger partial charge in [-0.3, -0.25) is 4.79 Å². The van der Waals surface area contributed by atoms with E-state index in [1.807, 2.05) is 10.7 Å². The normalized spacial score (nSPS) is 16.7. The maximum atomic E-state index is 12.1. The molecule has 2 unspecified atom stereocenters. The van der Waals surface area contributed by atoms with Crippen LogP contribution in [-0.4, -0.2) is 32.6 Å². The van der Waals surface area contributed by atoms with Crippen molar-refractivity contribution in [1.82, 2.24) is 14.8 Å². The minimum Gasteiger partial charge on any atom is -0.462 e. The van der Waals surface area contributed by atoms with Crippen molar-refractivity contribution < 1.29 is 9.53 Å². The van der Waals surface area contributed by atoms with E-state index in [-0.39, 0.29) is 12.1 Å². The Labute approximate surface area is 172 Å². The summed E-state index contributed by atoms with van der Waals surface area (Å²) in [5.74, 6) is 1.91. The minimum atomic E-state index is -0.107. The topological polar surface area (TPSA) is 57.0 Å². The van der Waals surface area contributed by atoms with E-state index in [0.717, 1.165) is 43.2 Å². The number of carbonyl (C=O) groups is 1. The summed E-state index contributed by atoms with van der Waals surface area (Å²) in [6, 6.07) is 10.5. The molecule has 0 radical (unpaired) electrons. The van der Waals surface area contributed by atoms with Gasteiger partial charge in [-0.15, -0.1) is 5.10 Å². The van der Waals surface area contributed by atoms with E-state index in [0.29, 0.717) is 18.1 Å². The fourth-order valence-corrected chi connectivity index (χ4v) is 4.40. The minimum absolute atomic E-state index is 0.0604. The SMILES string of the molecule is CCCCCC(CC)OC(=O)CCSc1nc2n(n1)CCC2c1ccccc1. The first kappa shape index (κ1) is 20.9. The zero-order valence-corrected chi connectivity index (χ0v) is 17.8. The van der Waals surface area contributed by atoms with Gasteiger partial charge in [0.1, 0.15) is 11.9 Å². The van der Waals surface area contributed by atoms with Crippen LogP contribution in [0.25, 0.3) is 0 Å². The fourth-order valence-electron chi connectivity index (χ4n) is 3.64. The summed E-state index contributed by atoms with van der Waals surface area (Å²) in [5.41, 5.74) is 1.29. The van der Waals surface area contributed by atoms with Gasteiger partial charge in [0.25, 0.3) is 0 Å². The molecule has 0 bridgehead atoms. The number of hydrogen-bond donors (Lipinski definition) is 0. The van der Waals surface area contributed by atoms with E-state index in [9.17, 15) is 4.79 Å². The van der Waals surface area contributed by atoms with Crippen LogP contribution in [0, 0.1) is 0 Å². The summed E-state index contributed by atoms with van der Waals surface area (Å²) in [5, 5.41) is 5.37. The largest absolute Gasteiger partial charge is 0.462 e. The van der Waals surface area contributed by atoms with E-state index in [1.165, 1.54) is 18.4 Å². The first-order valence-corrected chi connectivity index (χ1v) is 11.5. The molecule has 0 saturated heterocycles. The number of ether oxygens (including phenoxy) is 1. The lowest BCUT2D eigenvalue weighted by molar-refractivity contribution is -0.149. The number of esters is 1. The Morgan fingerprint density at radius 1 is 1.29 bits per heavy atom. The van der Waals surface area contributed by atoms with Crippen LogP contribution >= 0.6 is 11.8 Å². The number of carbonyl (C=O) groups excluding carboxylic acids is 1. The molecule has 0 N–H and O–H groups in total. The third kappa shape index (κ3) is 5.60. The number of unbranched alkanes of at least 4 members (excludes halogenated alkanes) is 2. The van der Waals surface area contributed by atoms with Crippen LogP contribution in [-0.2, 0) is 16.1 Å². The van der Waals surface area contributed by atoms with Crippen LogP contribution in [0.3, 0.4) is 0 Å². The molecule has 0 aliphatic carbocycles. The molecular formula is C22H31N3O2S. The summed E-state index contributed by atoms with van der Waals surface area (Å²) in [6.07, 6.45) is 6.89. The highest BCUT2D eigenvalue weighted by Gasteiger charge is 2.28. The Morgan fingerprint density at radius 3 is 2.86 bits per heavy atom. The van der Waals surface area contributed by atoms with Gasteiger partial charge in [-0.1, -0.05) is 68.8 Å². The molecule has 0 fully saturated rings. The van der Waals surface area contributed by atoms with Crippen molar-refractivity contribution in [3.05, 3.63) is 41.7 Å². The maximum absolute atomic E-state index is 12.1. The van der Waals surface area contributed by atoms with E-state index < -0.39 is 0 Å². The molecule has 2 heterocycles. The summed E-state index contributed by atoms with van der Waals surface area (Å²) in [7, 11) is 0. The molecule has 28 heavy (non-hydrogen) atoms. The van der Waals surface area contributed by atoms with Gasteiger partial charge in [0.2, 0.25) is 5.16 Å². The molecule has 152 valence electrons. The van der Waals surface area contributed by atoms with Crippen LogP contribution in [0.1, 0.15) is 76.1 Å². The number of benzene rings is 1. The third-order valence-corrected chi connectivity index (χ3v) is 6.08. The lowest BCUT2D eigenvalue weighted by atomic mass is 9.97. The first-order chi connectivity index (χ1) is 13.7. The van der Waals surface area contributed by atoms with Crippen molar-refractivity contribution in [2.24, 2.45) is 0 Å². The number of nitrogens with zero attached hydrogens (tertiary/aromatic N) is 3. The second kappa shape index (κ2) is 10.6. The van der Waals surface area contributed by atoms with E-state index in [4.69, 9.17) is 9.72 Å². The van der Waals surface area contributed by atoms with Crippen LogP contribution in [0.15, 0.2) is 35.5 Å². The van der Waals surface area contributed by atoms with Crippen LogP contribution in [0.2, 0.25) is 0 Å². The van der Waals surface area contributed by atoms with Crippen molar-refractivity contribution in [3.8, 4) is 0 Å². The summed E-state index contributed by atoms with van der Waals surface area (Å²) in [4.78, 5) is 16.9. The standard InChI is InChI=1S/C22H31N3O2S/c1-3-5-7-12-18(4-2)27-20(26)14-16-28-22-23-21-19(13-15-25(21)24-22)17-10-8-6-9-11-17/h6,8-11,18-19H,3-5,7,12-16H2,1-2H3. The van der Waals surface area contributed by atoms with Crippen molar-refractivity contribution in [1.29, 1.82) is 0 Å². The van der Waals surface area contributed by atoms with Gasteiger partial charge in [-0.05, 0) is 31.2 Å². The Hall–Kier alpha value is -1.82. The summed E-state index contributed by atoms with van der Waals surface area (Å²) in [6.45, 7) is 5.17. The molecule has 3 rings (SSSR count). The van der Waals surface area contributed by atoms with E-state index in [2.05, 4.69) is 43.2 Å². The molecule has 0 amide bonds. The lowest BCUT2D eigenvalue weighted by Gasteiger charge is -2.15. The first-order valence-electron chi connectivity index (χ1n) is 10.5. The molecule has 2 aromatic rings. The van der Waals surface area contributed by atoms with Gasteiger partial charge in [-0.2, -0.15) is 0 Å². The molecule has 0 saturated carbocycles. The second-order valence-corrected chi connectivity index (χ2v) is 8.40. The summed E-state index contributed by atoms with van der Waals surface area (Å²) >= 11 is 1.54. The van der Waals surface area contributed by atoms with Crippen LogP contribution in [0.4, 0.5) is 0 Å². The van der Waals surface area contributed by atoms with Gasteiger partial charge < -0.3 is 4.74 Å². The molecule has 6 heteroatoms. The average molecular weight is 402 g/mol. The maximum Gasteiger partial charge on any atom is 0.306 e. The molecule has 1 aromatic heterocycles. The number of aryl methyl sites for hydroxylation is 1. The lowest BCUT2D eigenvalue weighted by Crippen LogP contribution is -2.17. The van der Waals surface area contributed by atoms with E-state index in [1.54, 1.807) is 11.8 Å². The number of rotatable bonds is 11. The molecule has 5 nitrogen and oxygen atoms in total. The van der Waals surface area contributed by atoms with Gasteiger partial charge in [-0.25, -0.2) is 9.67 Å². The Bertz CT molecular complexity index is 747. The number of aromatic nitrogens is 3. The van der Waals surface area contributed by atoms with Gasteiger partial charge in [0.15, 0.2) is 0 Å². The molecule has 1 aromatic carbocycles. The predicted octanol–water partition coefficient (Wildman–Crippen LogP) is 5.20. The average Bonchev–Trinajstić information content (AvgIpc) is 3.28. The zero-order chi connectivity index (χ0) is 19.8. The quantitative estimate of drug-likeness (QED) is 0.294. The monoisotopic (exact) mass is 401 g/mol. The fraction of sp³-hybridized carbons (Fsp3) is 0.591. The Kier molecular flexibility index (Phi) is 7.95. The molecular weight excluding hydrogens is 370 g/mol. The van der Waals surface area contributed by atoms with Crippen LogP contribution in [0.5, 0.6) is 0 Å². The smallest absolute Gasteiger partial charge is 0.306 e. The number of hydrogen-bond acceptors (Lipinski definition) is 5. The third-order valence-electron chi connectivity index (χ3n) is 5.24. The van der Waals surface area contributed by atoms with Crippen molar-refractivity contribution in [3.63, 3.8) is 0 Å². The van der Waals surface area contributed by atoms with Crippen LogP contribution < -0.4 is 0 Å². The molecule has 2 atom stereocenters. The van der Waals surface area contributed by atoms with Gasteiger partial charge in [0.05, 0.1) is 6.42 Å². The van der Waals surface area contributed by atoms with Gasteiger partial charge in [0, 0.05) is 18.2 Å². The Morgan fingerprint density at radius 2 is 2.11 bits per heavy atom. The molecule has 1 aliphatic heterocycles. The van der Waals surface area contributed by atoms with Crippen molar-refractivity contribution >= 4 is 17.7 Å². The van der Waals surface area contributed by atoms with Crippen molar-refractivity contribution in [2.75, 3.05) is 5.75 Å². The van der Waals surface area contributed by atoms with E-state index >= 15 is 0 Å². The van der Waals surface area contributed by atoms with Crippen molar-refractivity contribution in [2.45, 2.75) is 82.5 Å². The molecule has 1 aliphatic rings. The van der Waals surface area contributed by atoms with Gasteiger partial charge >= 0.3 is 5.97 Å². The second-order valence-electron chi connectivity index (χ2n) is 7.34. The zero-order valence-electron chi connectivity index (χ0n) is 17.0. The molecule has 0 spiro atoms. The summed E-state index contributed by atoms with van der Waals surface area (Å²) < 4.78 is 7.64. The highest BCUT2D eigenvalue weighted by molar-refractivity contribution is 7.99. The highest BCUT2D eigenvalue weighted by atomic mass is 32.2. The highest BCUT2D eigenvalue weighted by Crippen LogP contribution is 2.33.